The van der Waals surface area contributed by atoms with E-state index in [9.17, 15) is 9.59 Å². The number of aromatic carboxylic acids is 1. The van der Waals surface area contributed by atoms with Crippen LogP contribution in [0.25, 0.3) is 0 Å². The lowest BCUT2D eigenvalue weighted by molar-refractivity contribution is 0.0690. The fourth-order valence-electron chi connectivity index (χ4n) is 1.57. The topological polar surface area (TPSA) is 104 Å². The number of nitrogens with zero attached hydrogens (tertiary/aromatic N) is 1. The molecule has 7 heteroatoms. The molecule has 0 fully saturated rings. The van der Waals surface area contributed by atoms with E-state index in [1.54, 1.807) is 0 Å². The minimum atomic E-state index is -1.14. The number of rotatable bonds is 4. The van der Waals surface area contributed by atoms with Gasteiger partial charge in [-0.1, -0.05) is 42.2 Å². The van der Waals surface area contributed by atoms with Gasteiger partial charge in [0.1, 0.15) is 6.61 Å². The summed E-state index contributed by atoms with van der Waals surface area (Å²) in [6.07, 6.45) is 0.716. The molecule has 0 saturated heterocycles. The Morgan fingerprint density at radius 2 is 2.09 bits per heavy atom. The van der Waals surface area contributed by atoms with Crippen LogP contribution in [-0.2, 0) is 11.3 Å². The predicted molar refractivity (Wildman–Crippen MR) is 77.1 cm³/mol. The molecular formula is C15H13N3O4. The van der Waals surface area contributed by atoms with Crippen LogP contribution < -0.4 is 5.32 Å². The summed E-state index contributed by atoms with van der Waals surface area (Å²) in [4.78, 5) is 22.3. The Morgan fingerprint density at radius 1 is 1.32 bits per heavy atom. The van der Waals surface area contributed by atoms with Crippen molar-refractivity contribution in [1.82, 2.24) is 15.5 Å². The third-order valence-corrected chi connectivity index (χ3v) is 2.61. The molecule has 1 amide bonds. The fourth-order valence-corrected chi connectivity index (χ4v) is 1.57. The normalized spacial score (nSPS) is 9.45. The molecule has 0 atom stereocenters. The van der Waals surface area contributed by atoms with E-state index >= 15 is 0 Å². The smallest absolute Gasteiger partial charge is 0.408 e. The number of nitrogens with one attached hydrogen (secondary N) is 2. The summed E-state index contributed by atoms with van der Waals surface area (Å²) in [7, 11) is 0. The predicted octanol–water partition coefficient (Wildman–Crippen LogP) is 1.39. The molecule has 1 aromatic carbocycles. The molecule has 0 aliphatic heterocycles. The highest BCUT2D eigenvalue weighted by atomic mass is 16.5. The molecule has 0 radical (unpaired) electrons. The van der Waals surface area contributed by atoms with Crippen LogP contribution in [0.2, 0.25) is 0 Å². The number of ether oxygens (including phenoxy) is 1. The molecule has 0 unspecified atom stereocenters. The second kappa shape index (κ2) is 7.50. The molecular weight excluding hydrogens is 286 g/mol. The number of amides is 1. The van der Waals surface area contributed by atoms with Crippen LogP contribution in [-0.4, -0.2) is 33.9 Å². The quantitative estimate of drug-likeness (QED) is 0.740. The van der Waals surface area contributed by atoms with E-state index in [1.807, 2.05) is 30.3 Å². The molecule has 0 aliphatic rings. The van der Waals surface area contributed by atoms with Gasteiger partial charge in [-0.15, -0.1) is 0 Å². The number of H-pyrrole nitrogens is 1. The molecule has 1 heterocycles. The second-order valence-corrected chi connectivity index (χ2v) is 4.18. The first kappa shape index (κ1) is 15.1. The zero-order valence-corrected chi connectivity index (χ0v) is 11.5. The van der Waals surface area contributed by atoms with Gasteiger partial charge < -0.3 is 15.2 Å². The number of carboxylic acids is 1. The van der Waals surface area contributed by atoms with E-state index in [1.165, 1.54) is 6.20 Å². The SMILES string of the molecule is O=C(NCC#Cc1cn[nH]c1C(=O)O)OCc1ccccc1. The Hall–Kier alpha value is -3.27. The third kappa shape index (κ3) is 4.38. The Bertz CT molecular complexity index is 713. The Morgan fingerprint density at radius 3 is 2.82 bits per heavy atom. The minimum absolute atomic E-state index is 0.0395. The minimum Gasteiger partial charge on any atom is -0.476 e. The van der Waals surface area contributed by atoms with Gasteiger partial charge in [0.2, 0.25) is 0 Å². The molecule has 2 rings (SSSR count). The first-order valence-corrected chi connectivity index (χ1v) is 6.37. The molecule has 1 aromatic heterocycles. The van der Waals surface area contributed by atoms with Crippen molar-refractivity contribution in [1.29, 1.82) is 0 Å². The number of carbonyl (C=O) groups is 2. The third-order valence-electron chi connectivity index (χ3n) is 2.61. The van der Waals surface area contributed by atoms with Gasteiger partial charge in [0, 0.05) is 0 Å². The number of aromatic amines is 1. The van der Waals surface area contributed by atoms with Gasteiger partial charge in [-0.3, -0.25) is 5.10 Å². The van der Waals surface area contributed by atoms with Crippen LogP contribution in [0.4, 0.5) is 4.79 Å². The highest BCUT2D eigenvalue weighted by Gasteiger charge is 2.09. The summed E-state index contributed by atoms with van der Waals surface area (Å²) in [5.41, 5.74) is 1.05. The largest absolute Gasteiger partial charge is 0.476 e. The van der Waals surface area contributed by atoms with E-state index < -0.39 is 12.1 Å². The molecule has 2 aromatic rings. The maximum atomic E-state index is 11.4. The van der Waals surface area contributed by atoms with Crippen molar-refractivity contribution in [3.05, 3.63) is 53.3 Å². The highest BCUT2D eigenvalue weighted by Crippen LogP contribution is 2.02. The van der Waals surface area contributed by atoms with Gasteiger partial charge in [0.05, 0.1) is 18.3 Å². The molecule has 22 heavy (non-hydrogen) atoms. The van der Waals surface area contributed by atoms with Crippen LogP contribution in [0.15, 0.2) is 36.5 Å². The molecule has 112 valence electrons. The van der Waals surface area contributed by atoms with Gasteiger partial charge in [0.25, 0.3) is 0 Å². The Labute approximate surface area is 126 Å². The van der Waals surface area contributed by atoms with Crippen LogP contribution in [0.1, 0.15) is 21.6 Å². The first-order chi connectivity index (χ1) is 10.7. The maximum absolute atomic E-state index is 11.4. The molecule has 7 nitrogen and oxygen atoms in total. The van der Waals surface area contributed by atoms with E-state index in [0.717, 1.165) is 5.56 Å². The number of hydrogen-bond donors (Lipinski definition) is 3. The number of hydrogen-bond acceptors (Lipinski definition) is 4. The number of alkyl carbamates (subject to hydrolysis) is 1. The lowest BCUT2D eigenvalue weighted by atomic mass is 10.2. The molecule has 0 saturated carbocycles. The molecule has 0 bridgehead atoms. The maximum Gasteiger partial charge on any atom is 0.408 e. The summed E-state index contributed by atoms with van der Waals surface area (Å²) in [5.74, 6) is 4.09. The summed E-state index contributed by atoms with van der Waals surface area (Å²) in [6.45, 7) is 0.211. The molecule has 3 N–H and O–H groups in total. The molecule has 0 aliphatic carbocycles. The monoisotopic (exact) mass is 299 g/mol. The van der Waals surface area contributed by atoms with Gasteiger partial charge in [-0.2, -0.15) is 5.10 Å². The molecule has 0 spiro atoms. The zero-order valence-electron chi connectivity index (χ0n) is 11.5. The van der Waals surface area contributed by atoms with Crippen LogP contribution in [0.5, 0.6) is 0 Å². The van der Waals surface area contributed by atoms with Gasteiger partial charge >= 0.3 is 12.1 Å². The van der Waals surface area contributed by atoms with Crippen molar-refractivity contribution in [2.24, 2.45) is 0 Å². The van der Waals surface area contributed by atoms with Crippen molar-refractivity contribution < 1.29 is 19.4 Å². The van der Waals surface area contributed by atoms with Crippen molar-refractivity contribution in [2.75, 3.05) is 6.54 Å². The summed E-state index contributed by atoms with van der Waals surface area (Å²) < 4.78 is 5.00. The average molecular weight is 299 g/mol. The van der Waals surface area contributed by atoms with E-state index in [0.29, 0.717) is 0 Å². The number of aromatic nitrogens is 2. The lowest BCUT2D eigenvalue weighted by Gasteiger charge is -2.04. The Balaban J connectivity index is 1.77. The van der Waals surface area contributed by atoms with Crippen LogP contribution >= 0.6 is 0 Å². The fraction of sp³-hybridized carbons (Fsp3) is 0.133. The second-order valence-electron chi connectivity index (χ2n) is 4.18. The number of carboxylic acid groups (broad SMARTS) is 1. The number of carbonyl (C=O) groups excluding carboxylic acids is 1. The number of benzene rings is 1. The van der Waals surface area contributed by atoms with E-state index in [-0.39, 0.29) is 24.4 Å². The van der Waals surface area contributed by atoms with E-state index in [4.69, 9.17) is 9.84 Å². The lowest BCUT2D eigenvalue weighted by Crippen LogP contribution is -2.24. The summed E-state index contributed by atoms with van der Waals surface area (Å²) in [5, 5.41) is 17.2. The van der Waals surface area contributed by atoms with Crippen molar-refractivity contribution >= 4 is 12.1 Å². The summed E-state index contributed by atoms with van der Waals surface area (Å²) in [6, 6.07) is 9.28. The van der Waals surface area contributed by atoms with Gasteiger partial charge in [-0.05, 0) is 5.56 Å². The van der Waals surface area contributed by atoms with Crippen LogP contribution in [0.3, 0.4) is 0 Å². The van der Waals surface area contributed by atoms with Crippen LogP contribution in [0, 0.1) is 11.8 Å². The zero-order chi connectivity index (χ0) is 15.8. The average Bonchev–Trinajstić information content (AvgIpc) is 2.99. The van der Waals surface area contributed by atoms with Gasteiger partial charge in [0.15, 0.2) is 5.69 Å². The Kier molecular flexibility index (Phi) is 5.15. The van der Waals surface area contributed by atoms with Crippen molar-refractivity contribution in [3.8, 4) is 11.8 Å². The first-order valence-electron chi connectivity index (χ1n) is 6.37. The van der Waals surface area contributed by atoms with Crippen molar-refractivity contribution in [3.63, 3.8) is 0 Å². The standard InChI is InChI=1S/C15H13N3O4/c19-14(20)13-12(9-17-18-13)7-4-8-16-15(21)22-10-11-5-2-1-3-6-11/h1-3,5-6,9H,8,10H2,(H,16,21)(H,17,18)(H,19,20). The van der Waals surface area contributed by atoms with E-state index in [2.05, 4.69) is 27.4 Å². The van der Waals surface area contributed by atoms with Crippen molar-refractivity contribution in [2.45, 2.75) is 6.61 Å². The highest BCUT2D eigenvalue weighted by molar-refractivity contribution is 5.88. The summed E-state index contributed by atoms with van der Waals surface area (Å²) >= 11 is 0. The van der Waals surface area contributed by atoms with Gasteiger partial charge in [-0.25, -0.2) is 9.59 Å².